The van der Waals surface area contributed by atoms with E-state index in [4.69, 9.17) is 27.9 Å². The lowest BCUT2D eigenvalue weighted by atomic mass is 9.94. The maximum atomic E-state index is 12.8. The van der Waals surface area contributed by atoms with Gasteiger partial charge in [0.2, 0.25) is 0 Å². The number of hydrogen-bond donors (Lipinski definition) is 1. The minimum absolute atomic E-state index is 0.00523. The molecule has 0 bridgehead atoms. The molecule has 0 unspecified atom stereocenters. The molecule has 0 spiro atoms. The molecule has 1 aliphatic heterocycles. The standard InChI is InChI=1S/C23H21BrCl2N2O3/c24-18-10-14(6-9-21(18)31-13-15-7-8-16(25)12-19(15)26)11-20-22(29)28(23(30)27-20)17-4-2-1-3-5-17/h6-12,17H,1-5,13H2,(H,27,30)/b20-11-. The van der Waals surface area contributed by atoms with E-state index in [0.717, 1.165) is 47.7 Å². The summed E-state index contributed by atoms with van der Waals surface area (Å²) in [5, 5.41) is 3.83. The highest BCUT2D eigenvalue weighted by Gasteiger charge is 2.38. The van der Waals surface area contributed by atoms with E-state index in [1.165, 1.54) is 4.90 Å². The van der Waals surface area contributed by atoms with Crippen molar-refractivity contribution in [2.75, 3.05) is 0 Å². The Labute approximate surface area is 199 Å². The van der Waals surface area contributed by atoms with Crippen LogP contribution in [0.5, 0.6) is 5.75 Å². The summed E-state index contributed by atoms with van der Waals surface area (Å²) in [7, 11) is 0. The predicted molar refractivity (Wildman–Crippen MR) is 125 cm³/mol. The molecular weight excluding hydrogens is 503 g/mol. The van der Waals surface area contributed by atoms with Crippen molar-refractivity contribution in [2.45, 2.75) is 44.8 Å². The fraction of sp³-hybridized carbons (Fsp3) is 0.304. The van der Waals surface area contributed by atoms with Gasteiger partial charge in [-0.3, -0.25) is 9.69 Å². The monoisotopic (exact) mass is 522 g/mol. The number of rotatable bonds is 5. The van der Waals surface area contributed by atoms with Gasteiger partial charge >= 0.3 is 6.03 Å². The Morgan fingerprint density at radius 1 is 1.10 bits per heavy atom. The molecule has 0 radical (unpaired) electrons. The van der Waals surface area contributed by atoms with Crippen molar-refractivity contribution in [3.63, 3.8) is 0 Å². The molecule has 2 aromatic rings. The van der Waals surface area contributed by atoms with Gasteiger partial charge in [-0.05, 0) is 64.7 Å². The van der Waals surface area contributed by atoms with Crippen molar-refractivity contribution in [1.29, 1.82) is 0 Å². The van der Waals surface area contributed by atoms with Crippen LogP contribution in [0.1, 0.15) is 43.2 Å². The minimum Gasteiger partial charge on any atom is -0.488 e. The molecule has 8 heteroatoms. The molecule has 4 rings (SSSR count). The Balaban J connectivity index is 1.45. The number of benzene rings is 2. The van der Waals surface area contributed by atoms with Crippen molar-refractivity contribution >= 4 is 57.1 Å². The number of halogens is 3. The molecule has 0 aromatic heterocycles. The number of imide groups is 1. The molecule has 1 saturated carbocycles. The summed E-state index contributed by atoms with van der Waals surface area (Å²) >= 11 is 15.6. The molecule has 162 valence electrons. The normalized spacial score (nSPS) is 18.5. The van der Waals surface area contributed by atoms with Crippen LogP contribution in [0.2, 0.25) is 10.0 Å². The molecule has 0 atom stereocenters. The topological polar surface area (TPSA) is 58.6 Å². The average molecular weight is 524 g/mol. The van der Waals surface area contributed by atoms with Crippen molar-refractivity contribution in [1.82, 2.24) is 10.2 Å². The highest BCUT2D eigenvalue weighted by molar-refractivity contribution is 9.10. The van der Waals surface area contributed by atoms with E-state index in [1.54, 1.807) is 24.3 Å². The van der Waals surface area contributed by atoms with Crippen LogP contribution < -0.4 is 10.1 Å². The third-order valence-corrected chi connectivity index (χ3v) is 6.72. The summed E-state index contributed by atoms with van der Waals surface area (Å²) in [6.07, 6.45) is 6.71. The Morgan fingerprint density at radius 3 is 2.58 bits per heavy atom. The van der Waals surface area contributed by atoms with Gasteiger partial charge in [-0.15, -0.1) is 0 Å². The third kappa shape index (κ3) is 5.08. The molecule has 5 nitrogen and oxygen atoms in total. The Hall–Kier alpha value is -2.02. The van der Waals surface area contributed by atoms with Gasteiger partial charge in [0, 0.05) is 21.7 Å². The number of urea groups is 1. The van der Waals surface area contributed by atoms with Crippen LogP contribution >= 0.6 is 39.1 Å². The summed E-state index contributed by atoms with van der Waals surface area (Å²) in [5.74, 6) is 0.379. The van der Waals surface area contributed by atoms with Gasteiger partial charge < -0.3 is 10.1 Å². The zero-order chi connectivity index (χ0) is 22.0. The Bertz CT molecular complexity index is 1050. The van der Waals surface area contributed by atoms with Gasteiger partial charge in [0.05, 0.1) is 4.47 Å². The van der Waals surface area contributed by atoms with Crippen molar-refractivity contribution < 1.29 is 14.3 Å². The maximum Gasteiger partial charge on any atom is 0.329 e. The molecule has 2 aliphatic rings. The van der Waals surface area contributed by atoms with Crippen LogP contribution in [0.25, 0.3) is 6.08 Å². The number of ether oxygens (including phenoxy) is 1. The van der Waals surface area contributed by atoms with Crippen molar-refractivity contribution in [2.24, 2.45) is 0 Å². The van der Waals surface area contributed by atoms with E-state index in [1.807, 2.05) is 18.2 Å². The Morgan fingerprint density at radius 2 is 1.87 bits per heavy atom. The first-order valence-electron chi connectivity index (χ1n) is 10.1. The van der Waals surface area contributed by atoms with Gasteiger partial charge in [-0.25, -0.2) is 4.79 Å². The van der Waals surface area contributed by atoms with Gasteiger partial charge in [-0.1, -0.05) is 54.6 Å². The number of nitrogens with zero attached hydrogens (tertiary/aromatic N) is 1. The summed E-state index contributed by atoms with van der Waals surface area (Å²) in [6.45, 7) is 0.292. The first-order chi connectivity index (χ1) is 14.9. The van der Waals surface area contributed by atoms with E-state index >= 15 is 0 Å². The molecular formula is C23H21BrCl2N2O3. The highest BCUT2D eigenvalue weighted by Crippen LogP contribution is 2.30. The van der Waals surface area contributed by atoms with Gasteiger partial charge in [0.1, 0.15) is 18.1 Å². The molecule has 1 saturated heterocycles. The van der Waals surface area contributed by atoms with Crippen molar-refractivity contribution in [3.05, 3.63) is 67.7 Å². The lowest BCUT2D eigenvalue weighted by Crippen LogP contribution is -2.41. The van der Waals surface area contributed by atoms with E-state index in [-0.39, 0.29) is 18.0 Å². The lowest BCUT2D eigenvalue weighted by Gasteiger charge is -2.28. The molecule has 1 heterocycles. The summed E-state index contributed by atoms with van der Waals surface area (Å²) in [5.41, 5.74) is 1.90. The number of hydrogen-bond acceptors (Lipinski definition) is 3. The zero-order valence-electron chi connectivity index (χ0n) is 16.7. The molecule has 1 N–H and O–H groups in total. The van der Waals surface area contributed by atoms with Gasteiger partial charge in [0.15, 0.2) is 0 Å². The summed E-state index contributed by atoms with van der Waals surface area (Å²) in [4.78, 5) is 26.6. The van der Waals surface area contributed by atoms with Gasteiger partial charge in [-0.2, -0.15) is 0 Å². The maximum absolute atomic E-state index is 12.8. The lowest BCUT2D eigenvalue weighted by molar-refractivity contribution is -0.124. The zero-order valence-corrected chi connectivity index (χ0v) is 19.8. The van der Waals surface area contributed by atoms with E-state index < -0.39 is 0 Å². The molecule has 2 aromatic carbocycles. The quantitative estimate of drug-likeness (QED) is 0.356. The van der Waals surface area contributed by atoms with Gasteiger partial charge in [0.25, 0.3) is 5.91 Å². The molecule has 1 aliphatic carbocycles. The van der Waals surface area contributed by atoms with Crippen molar-refractivity contribution in [3.8, 4) is 5.75 Å². The van der Waals surface area contributed by atoms with E-state index in [0.29, 0.717) is 28.1 Å². The molecule has 31 heavy (non-hydrogen) atoms. The minimum atomic E-state index is -0.331. The fourth-order valence-corrected chi connectivity index (χ4v) is 4.88. The first-order valence-corrected chi connectivity index (χ1v) is 11.7. The van der Waals surface area contributed by atoms with Crippen LogP contribution in [0.3, 0.4) is 0 Å². The third-order valence-electron chi connectivity index (χ3n) is 5.51. The smallest absolute Gasteiger partial charge is 0.329 e. The second kappa shape index (κ2) is 9.63. The number of amides is 3. The van der Waals surface area contributed by atoms with Crippen LogP contribution in [-0.4, -0.2) is 22.9 Å². The van der Waals surface area contributed by atoms with E-state index in [9.17, 15) is 9.59 Å². The molecule has 3 amide bonds. The second-order valence-corrected chi connectivity index (χ2v) is 9.37. The van der Waals surface area contributed by atoms with Crippen LogP contribution in [0.4, 0.5) is 4.79 Å². The SMILES string of the molecule is O=C1N/C(=C\c2ccc(OCc3ccc(Cl)cc3Cl)c(Br)c2)C(=O)N1C1CCCCC1. The number of carbonyl (C=O) groups excluding carboxylic acids is 2. The summed E-state index contributed by atoms with van der Waals surface area (Å²) < 4.78 is 6.59. The first kappa shape index (κ1) is 22.2. The Kier molecular flexibility index (Phi) is 6.89. The average Bonchev–Trinajstić information content (AvgIpc) is 3.02. The number of nitrogens with one attached hydrogen (secondary N) is 1. The van der Waals surface area contributed by atoms with Crippen LogP contribution in [-0.2, 0) is 11.4 Å². The highest BCUT2D eigenvalue weighted by atomic mass is 79.9. The largest absolute Gasteiger partial charge is 0.488 e. The predicted octanol–water partition coefficient (Wildman–Crippen LogP) is 6.56. The fourth-order valence-electron chi connectivity index (χ4n) is 3.90. The summed E-state index contributed by atoms with van der Waals surface area (Å²) in [6, 6.07) is 10.4. The van der Waals surface area contributed by atoms with Crippen LogP contribution in [0.15, 0.2) is 46.6 Å². The number of carbonyl (C=O) groups is 2. The van der Waals surface area contributed by atoms with E-state index in [2.05, 4.69) is 21.2 Å². The molecule has 2 fully saturated rings. The van der Waals surface area contributed by atoms with Crippen LogP contribution in [0, 0.1) is 0 Å². The second-order valence-electron chi connectivity index (χ2n) is 7.67.